The number of amides is 1. The summed E-state index contributed by atoms with van der Waals surface area (Å²) in [5.74, 6) is 2.16. The van der Waals surface area contributed by atoms with Gasteiger partial charge in [0.1, 0.15) is 5.75 Å². The molecule has 0 spiro atoms. The number of aromatic amines is 2. The predicted molar refractivity (Wildman–Crippen MR) is 137 cm³/mol. The molecule has 10 heteroatoms. The SMILES string of the molecule is COc1ccc(-c2nnc(SCC(=O)Nc3ccc4[nH]c(=O)[nH]c4c3)n2[C@H]2CCCC[C@@H]2C)cc1. The first-order chi connectivity index (χ1) is 17.0. The normalized spacial score (nSPS) is 18.0. The lowest BCUT2D eigenvalue weighted by molar-refractivity contribution is -0.113. The van der Waals surface area contributed by atoms with Crippen molar-refractivity contribution in [1.29, 1.82) is 0 Å². The molecule has 2 atom stereocenters. The van der Waals surface area contributed by atoms with E-state index in [1.165, 1.54) is 31.0 Å². The second-order valence-corrected chi connectivity index (χ2v) is 9.85. The van der Waals surface area contributed by atoms with E-state index in [1.54, 1.807) is 25.3 Å². The van der Waals surface area contributed by atoms with Crippen molar-refractivity contribution in [3.05, 3.63) is 52.9 Å². The quantitative estimate of drug-likeness (QED) is 0.325. The van der Waals surface area contributed by atoms with Gasteiger partial charge in [-0.25, -0.2) is 4.79 Å². The monoisotopic (exact) mass is 492 g/mol. The number of H-pyrrole nitrogens is 2. The Bertz CT molecular complexity index is 1390. The lowest BCUT2D eigenvalue weighted by Gasteiger charge is -2.31. The third-order valence-corrected chi connectivity index (χ3v) is 7.49. The fourth-order valence-corrected chi connectivity index (χ4v) is 5.52. The number of rotatable bonds is 7. The summed E-state index contributed by atoms with van der Waals surface area (Å²) in [4.78, 5) is 29.6. The van der Waals surface area contributed by atoms with Crippen molar-refractivity contribution >= 4 is 34.4 Å². The third kappa shape index (κ3) is 4.97. The number of carbonyl (C=O) groups excluding carboxylic acids is 1. The van der Waals surface area contributed by atoms with Gasteiger partial charge in [0.15, 0.2) is 11.0 Å². The van der Waals surface area contributed by atoms with Crippen LogP contribution in [0.25, 0.3) is 22.4 Å². The molecule has 0 saturated heterocycles. The molecular weight excluding hydrogens is 464 g/mol. The zero-order valence-electron chi connectivity index (χ0n) is 19.7. The van der Waals surface area contributed by atoms with Gasteiger partial charge in [0, 0.05) is 17.3 Å². The average molecular weight is 493 g/mol. The predicted octanol–water partition coefficient (Wildman–Crippen LogP) is 4.61. The van der Waals surface area contributed by atoms with Crippen LogP contribution in [0.4, 0.5) is 5.69 Å². The highest BCUT2D eigenvalue weighted by Crippen LogP contribution is 2.39. The van der Waals surface area contributed by atoms with Crippen molar-refractivity contribution in [3.63, 3.8) is 0 Å². The summed E-state index contributed by atoms with van der Waals surface area (Å²) in [6.07, 6.45) is 4.64. The van der Waals surface area contributed by atoms with Gasteiger partial charge in [0.2, 0.25) is 5.91 Å². The Morgan fingerprint density at radius 1 is 1.11 bits per heavy atom. The number of methoxy groups -OCH3 is 1. The van der Waals surface area contributed by atoms with Gasteiger partial charge in [0.05, 0.1) is 23.9 Å². The summed E-state index contributed by atoms with van der Waals surface area (Å²) >= 11 is 1.39. The Labute approximate surface area is 206 Å². The highest BCUT2D eigenvalue weighted by Gasteiger charge is 2.29. The van der Waals surface area contributed by atoms with E-state index in [0.29, 0.717) is 22.6 Å². The molecule has 2 aromatic heterocycles. The summed E-state index contributed by atoms with van der Waals surface area (Å²) in [7, 11) is 1.65. The largest absolute Gasteiger partial charge is 0.497 e. The molecular formula is C25H28N6O3S. The molecule has 182 valence electrons. The van der Waals surface area contributed by atoms with Crippen molar-refractivity contribution in [3.8, 4) is 17.1 Å². The van der Waals surface area contributed by atoms with Crippen LogP contribution in [-0.4, -0.2) is 43.5 Å². The number of imidazole rings is 1. The number of nitrogens with one attached hydrogen (secondary N) is 3. The van der Waals surface area contributed by atoms with Gasteiger partial charge in [-0.05, 0) is 61.2 Å². The van der Waals surface area contributed by atoms with Crippen LogP contribution in [0.15, 0.2) is 52.4 Å². The fraction of sp³-hybridized carbons (Fsp3) is 0.360. The highest BCUT2D eigenvalue weighted by atomic mass is 32.2. The minimum atomic E-state index is -0.275. The van der Waals surface area contributed by atoms with E-state index in [4.69, 9.17) is 4.74 Å². The number of fused-ring (bicyclic) bond motifs is 1. The number of anilines is 1. The molecule has 35 heavy (non-hydrogen) atoms. The van der Waals surface area contributed by atoms with Crippen molar-refractivity contribution < 1.29 is 9.53 Å². The van der Waals surface area contributed by atoms with Gasteiger partial charge < -0.3 is 20.0 Å². The number of thioether (sulfide) groups is 1. The molecule has 0 bridgehead atoms. The second kappa shape index (κ2) is 9.99. The Morgan fingerprint density at radius 2 is 1.89 bits per heavy atom. The van der Waals surface area contributed by atoms with Gasteiger partial charge in [-0.1, -0.05) is 31.5 Å². The van der Waals surface area contributed by atoms with Crippen LogP contribution in [0.5, 0.6) is 5.75 Å². The summed E-state index contributed by atoms with van der Waals surface area (Å²) in [5.41, 5.74) is 2.67. The van der Waals surface area contributed by atoms with Crippen LogP contribution in [0.2, 0.25) is 0 Å². The highest BCUT2D eigenvalue weighted by molar-refractivity contribution is 7.99. The molecule has 2 aromatic carbocycles. The maximum Gasteiger partial charge on any atom is 0.323 e. The standard InChI is InChI=1S/C25H28N6O3S/c1-15-5-3-4-6-21(15)31-23(16-7-10-18(34-2)11-8-16)29-30-25(31)35-14-22(32)26-17-9-12-19-20(13-17)28-24(33)27-19/h7-13,15,21H,3-6,14H2,1-2H3,(H,26,32)(H2,27,28,33)/t15-,21-/m0/s1. The van der Waals surface area contributed by atoms with Gasteiger partial charge in [0.25, 0.3) is 0 Å². The Hall–Kier alpha value is -3.53. The van der Waals surface area contributed by atoms with E-state index < -0.39 is 0 Å². The molecule has 1 aliphatic rings. The zero-order valence-corrected chi connectivity index (χ0v) is 20.5. The molecule has 1 saturated carbocycles. The molecule has 0 aliphatic heterocycles. The van der Waals surface area contributed by atoms with Crippen LogP contribution < -0.4 is 15.7 Å². The first-order valence-electron chi connectivity index (χ1n) is 11.8. The smallest absolute Gasteiger partial charge is 0.323 e. The molecule has 1 fully saturated rings. The Morgan fingerprint density at radius 3 is 2.66 bits per heavy atom. The molecule has 4 aromatic rings. The van der Waals surface area contributed by atoms with Crippen LogP contribution in [-0.2, 0) is 4.79 Å². The first-order valence-corrected chi connectivity index (χ1v) is 12.7. The Balaban J connectivity index is 1.36. The zero-order chi connectivity index (χ0) is 24.4. The number of ether oxygens (including phenoxy) is 1. The van der Waals surface area contributed by atoms with E-state index in [9.17, 15) is 9.59 Å². The van der Waals surface area contributed by atoms with E-state index in [0.717, 1.165) is 28.7 Å². The third-order valence-electron chi connectivity index (χ3n) is 6.54. The number of nitrogens with zero attached hydrogens (tertiary/aromatic N) is 3. The van der Waals surface area contributed by atoms with Crippen molar-refractivity contribution in [2.24, 2.45) is 5.92 Å². The van der Waals surface area contributed by atoms with Crippen molar-refractivity contribution in [2.75, 3.05) is 18.2 Å². The van der Waals surface area contributed by atoms with Gasteiger partial charge in [-0.2, -0.15) is 0 Å². The minimum Gasteiger partial charge on any atom is -0.497 e. The summed E-state index contributed by atoms with van der Waals surface area (Å²) in [5, 5.41) is 12.7. The van der Waals surface area contributed by atoms with Crippen molar-refractivity contribution in [1.82, 2.24) is 24.7 Å². The van der Waals surface area contributed by atoms with Crippen LogP contribution in [0.3, 0.4) is 0 Å². The molecule has 5 rings (SSSR count). The lowest BCUT2D eigenvalue weighted by Crippen LogP contribution is -2.23. The molecule has 9 nitrogen and oxygen atoms in total. The summed E-state index contributed by atoms with van der Waals surface area (Å²) in [6, 6.07) is 13.4. The van der Waals surface area contributed by atoms with E-state index in [2.05, 4.69) is 37.0 Å². The number of hydrogen-bond acceptors (Lipinski definition) is 6. The number of aromatic nitrogens is 5. The van der Waals surface area contributed by atoms with Crippen molar-refractivity contribution in [2.45, 2.75) is 43.8 Å². The van der Waals surface area contributed by atoms with Gasteiger partial charge >= 0.3 is 5.69 Å². The molecule has 1 amide bonds. The summed E-state index contributed by atoms with van der Waals surface area (Å²) < 4.78 is 7.52. The van der Waals surface area contributed by atoms with E-state index in [-0.39, 0.29) is 23.4 Å². The minimum absolute atomic E-state index is 0.149. The molecule has 1 aliphatic carbocycles. The van der Waals surface area contributed by atoms with Gasteiger partial charge in [-0.15, -0.1) is 10.2 Å². The van der Waals surface area contributed by atoms with E-state index >= 15 is 0 Å². The average Bonchev–Trinajstić information content (AvgIpc) is 3.45. The maximum absolute atomic E-state index is 12.7. The molecule has 3 N–H and O–H groups in total. The summed E-state index contributed by atoms with van der Waals surface area (Å²) in [6.45, 7) is 2.28. The number of carbonyl (C=O) groups is 1. The second-order valence-electron chi connectivity index (χ2n) is 8.91. The fourth-order valence-electron chi connectivity index (χ4n) is 4.73. The lowest BCUT2D eigenvalue weighted by atomic mass is 9.85. The molecule has 0 unspecified atom stereocenters. The van der Waals surface area contributed by atoms with Crippen LogP contribution in [0.1, 0.15) is 38.6 Å². The first kappa shape index (κ1) is 23.2. The molecule has 0 radical (unpaired) electrons. The maximum atomic E-state index is 12.7. The van der Waals surface area contributed by atoms with Crippen LogP contribution in [0, 0.1) is 5.92 Å². The Kier molecular flexibility index (Phi) is 6.63. The topological polar surface area (TPSA) is 118 Å². The van der Waals surface area contributed by atoms with Gasteiger partial charge in [-0.3, -0.25) is 9.36 Å². The number of hydrogen-bond donors (Lipinski definition) is 3. The van der Waals surface area contributed by atoms with E-state index in [1.807, 2.05) is 24.3 Å². The van der Waals surface area contributed by atoms with Crippen LogP contribution >= 0.6 is 11.8 Å². The number of benzene rings is 2. The molecule has 2 heterocycles.